The number of rotatable bonds is 2. The minimum atomic E-state index is -5.91. The second kappa shape index (κ2) is 4.96. The van der Waals surface area contributed by atoms with Crippen LogP contribution in [0.4, 0.5) is 26.3 Å². The van der Waals surface area contributed by atoms with Crippen molar-refractivity contribution >= 4 is 15.9 Å². The van der Waals surface area contributed by atoms with E-state index in [0.29, 0.717) is 29.0 Å². The van der Waals surface area contributed by atoms with E-state index in [1.54, 1.807) is 0 Å². The lowest BCUT2D eigenvalue weighted by molar-refractivity contribution is -0.137. The van der Waals surface area contributed by atoms with Gasteiger partial charge in [0.2, 0.25) is 0 Å². The van der Waals surface area contributed by atoms with Crippen molar-refractivity contribution < 1.29 is 39.6 Å². The van der Waals surface area contributed by atoms with E-state index in [-0.39, 0.29) is 0 Å². The van der Waals surface area contributed by atoms with Crippen molar-refractivity contribution in [2.24, 2.45) is 0 Å². The second-order valence-electron chi connectivity index (χ2n) is 3.46. The third-order valence-corrected chi connectivity index (χ3v) is 3.07. The van der Waals surface area contributed by atoms with E-state index in [4.69, 9.17) is 0 Å². The Kier molecular flexibility index (Phi) is 4.04. The maximum atomic E-state index is 12.2. The topological polar surface area (TPSA) is 63.2 Å². The summed E-state index contributed by atoms with van der Waals surface area (Å²) in [6, 6.07) is 2.00. The van der Waals surface area contributed by atoms with E-state index in [2.05, 4.69) is 0 Å². The van der Waals surface area contributed by atoms with Crippen molar-refractivity contribution in [2.45, 2.75) is 11.7 Å². The lowest BCUT2D eigenvalue weighted by atomic mass is 10.1. The number of hydrogen-bond acceptors (Lipinski definition) is 3. The molecule has 0 spiro atoms. The van der Waals surface area contributed by atoms with Gasteiger partial charge in [0.25, 0.3) is 5.91 Å². The summed E-state index contributed by atoms with van der Waals surface area (Å²) < 4.78 is 94.5. The highest BCUT2D eigenvalue weighted by atomic mass is 32.2. The first-order valence-electron chi connectivity index (χ1n) is 4.65. The smallest absolute Gasteiger partial charge is 0.268 e. The molecule has 0 heterocycles. The second-order valence-corrected chi connectivity index (χ2v) is 5.13. The molecule has 20 heavy (non-hydrogen) atoms. The molecular formula is C9H5F6NO3S. The maximum absolute atomic E-state index is 12.2. The van der Waals surface area contributed by atoms with Crippen molar-refractivity contribution in [3.8, 4) is 0 Å². The van der Waals surface area contributed by atoms with E-state index < -0.39 is 38.7 Å². The molecule has 1 N–H and O–H groups in total. The van der Waals surface area contributed by atoms with Gasteiger partial charge in [0.1, 0.15) is 0 Å². The lowest BCUT2D eigenvalue weighted by Crippen LogP contribution is -2.40. The van der Waals surface area contributed by atoms with Gasteiger partial charge in [-0.2, -0.15) is 34.8 Å². The molecule has 4 nitrogen and oxygen atoms in total. The van der Waals surface area contributed by atoms with E-state index in [9.17, 15) is 39.6 Å². The van der Waals surface area contributed by atoms with E-state index >= 15 is 0 Å². The number of amides is 1. The first-order chi connectivity index (χ1) is 8.84. The van der Waals surface area contributed by atoms with Crippen LogP contribution < -0.4 is 4.72 Å². The molecule has 0 saturated heterocycles. The number of carbonyl (C=O) groups excluding carboxylic acids is 1. The third kappa shape index (κ3) is 3.62. The van der Waals surface area contributed by atoms with Gasteiger partial charge < -0.3 is 0 Å². The quantitative estimate of drug-likeness (QED) is 0.850. The molecule has 1 aromatic carbocycles. The summed E-state index contributed by atoms with van der Waals surface area (Å²) >= 11 is 0. The highest BCUT2D eigenvalue weighted by molar-refractivity contribution is 7.90. The highest BCUT2D eigenvalue weighted by Gasteiger charge is 2.47. The molecule has 0 radical (unpaired) electrons. The summed E-state index contributed by atoms with van der Waals surface area (Å²) in [7, 11) is -5.91. The van der Waals surface area contributed by atoms with Crippen molar-refractivity contribution in [3.05, 3.63) is 35.4 Å². The number of alkyl halides is 6. The van der Waals surface area contributed by atoms with E-state index in [1.807, 2.05) is 0 Å². The summed E-state index contributed by atoms with van der Waals surface area (Å²) in [5.74, 6) is -1.68. The minimum absolute atomic E-state index is 0.440. The molecule has 11 heteroatoms. The molecule has 0 aromatic heterocycles. The summed E-state index contributed by atoms with van der Waals surface area (Å²) in [4.78, 5) is 11.2. The molecule has 0 aliphatic carbocycles. The van der Waals surface area contributed by atoms with Crippen LogP contribution in [0.3, 0.4) is 0 Å². The molecule has 0 atom stereocenters. The Morgan fingerprint density at radius 1 is 0.950 bits per heavy atom. The fraction of sp³-hybridized carbons (Fsp3) is 0.222. The van der Waals surface area contributed by atoms with Crippen LogP contribution in [0.1, 0.15) is 15.9 Å². The van der Waals surface area contributed by atoms with Crippen molar-refractivity contribution in [1.82, 2.24) is 4.72 Å². The molecule has 0 unspecified atom stereocenters. The Morgan fingerprint density at radius 2 is 1.40 bits per heavy atom. The van der Waals surface area contributed by atoms with Gasteiger partial charge in [0.15, 0.2) is 0 Å². The molecule has 0 fully saturated rings. The van der Waals surface area contributed by atoms with Gasteiger partial charge in [-0.15, -0.1) is 0 Å². The Balaban J connectivity index is 2.96. The van der Waals surface area contributed by atoms with E-state index in [1.165, 1.54) is 0 Å². The summed E-state index contributed by atoms with van der Waals surface area (Å²) in [6.45, 7) is 0. The third-order valence-electron chi connectivity index (χ3n) is 2.01. The van der Waals surface area contributed by atoms with Crippen LogP contribution in [-0.2, 0) is 16.2 Å². The average molecular weight is 321 g/mol. The van der Waals surface area contributed by atoms with Crippen molar-refractivity contribution in [2.75, 3.05) is 0 Å². The lowest BCUT2D eigenvalue weighted by Gasteiger charge is -2.10. The monoisotopic (exact) mass is 321 g/mol. The normalized spacial score (nSPS) is 13.1. The standard InChI is InChI=1S/C9H5F6NO3S/c10-8(11,12)6-3-1-5(2-4-6)7(17)16-20(18,19)9(13,14)15/h1-4H,(H,16,17). The van der Waals surface area contributed by atoms with Crippen LogP contribution in [-0.4, -0.2) is 19.8 Å². The predicted molar refractivity (Wildman–Crippen MR) is 53.9 cm³/mol. The molecule has 1 aromatic rings. The van der Waals surface area contributed by atoms with E-state index in [0.717, 1.165) is 0 Å². The summed E-state index contributed by atoms with van der Waals surface area (Å²) in [5, 5.41) is 0. The number of sulfonamides is 1. The van der Waals surface area contributed by atoms with Gasteiger partial charge in [-0.3, -0.25) is 4.79 Å². The molecule has 1 amide bonds. The molecule has 1 rings (SSSR count). The van der Waals surface area contributed by atoms with Gasteiger partial charge in [-0.1, -0.05) is 0 Å². The van der Waals surface area contributed by atoms with Crippen molar-refractivity contribution in [3.63, 3.8) is 0 Å². The summed E-state index contributed by atoms with van der Waals surface area (Å²) in [6.07, 6.45) is -4.69. The molecule has 0 aliphatic rings. The average Bonchev–Trinajstić information content (AvgIpc) is 2.26. The molecule has 0 saturated carbocycles. The van der Waals surface area contributed by atoms with Gasteiger partial charge in [-0.05, 0) is 24.3 Å². The van der Waals surface area contributed by atoms with Gasteiger partial charge in [0.05, 0.1) is 5.56 Å². The van der Waals surface area contributed by atoms with Crippen LogP contribution in [0.15, 0.2) is 24.3 Å². The largest absolute Gasteiger partial charge is 0.516 e. The number of hydrogen-bond donors (Lipinski definition) is 1. The Morgan fingerprint density at radius 3 is 1.75 bits per heavy atom. The van der Waals surface area contributed by atoms with Crippen LogP contribution in [0.5, 0.6) is 0 Å². The maximum Gasteiger partial charge on any atom is 0.516 e. The zero-order valence-corrected chi connectivity index (χ0v) is 10.0. The number of nitrogens with one attached hydrogen (secondary N) is 1. The Bertz CT molecular complexity index is 602. The SMILES string of the molecule is O=C(NS(=O)(=O)C(F)(F)F)c1ccc(C(F)(F)F)cc1. The summed E-state index contributed by atoms with van der Waals surface area (Å²) in [5.41, 5.74) is -7.49. The highest BCUT2D eigenvalue weighted by Crippen LogP contribution is 2.29. The fourth-order valence-corrected chi connectivity index (χ4v) is 1.53. The van der Waals surface area contributed by atoms with Crippen LogP contribution in [0.2, 0.25) is 0 Å². The minimum Gasteiger partial charge on any atom is -0.268 e. The molecule has 0 bridgehead atoms. The Labute approximate surface area is 108 Å². The van der Waals surface area contributed by atoms with Crippen LogP contribution in [0, 0.1) is 0 Å². The van der Waals surface area contributed by atoms with Crippen LogP contribution in [0.25, 0.3) is 0 Å². The number of benzene rings is 1. The zero-order chi connectivity index (χ0) is 15.8. The van der Waals surface area contributed by atoms with Gasteiger partial charge in [-0.25, -0.2) is 4.72 Å². The number of halogens is 6. The van der Waals surface area contributed by atoms with Gasteiger partial charge >= 0.3 is 21.7 Å². The predicted octanol–water partition coefficient (Wildman–Crippen LogP) is 2.28. The van der Waals surface area contributed by atoms with Crippen molar-refractivity contribution in [1.29, 1.82) is 0 Å². The Hall–Kier alpha value is -1.78. The first-order valence-corrected chi connectivity index (χ1v) is 6.13. The fourth-order valence-electron chi connectivity index (χ4n) is 1.05. The van der Waals surface area contributed by atoms with Gasteiger partial charge in [0, 0.05) is 5.56 Å². The first kappa shape index (κ1) is 16.3. The molecule has 0 aliphatic heterocycles. The zero-order valence-electron chi connectivity index (χ0n) is 9.21. The molecule has 112 valence electrons. The number of carbonyl (C=O) groups is 1. The molecular weight excluding hydrogens is 316 g/mol. The van der Waals surface area contributed by atoms with Crippen LogP contribution >= 0.6 is 0 Å².